The molecule has 0 aliphatic heterocycles. The van der Waals surface area contributed by atoms with Crippen molar-refractivity contribution in [2.75, 3.05) is 20.3 Å². The highest BCUT2D eigenvalue weighted by Gasteiger charge is 2.32. The predicted octanol–water partition coefficient (Wildman–Crippen LogP) is 1.71. The van der Waals surface area contributed by atoms with Gasteiger partial charge in [-0.2, -0.15) is 0 Å². The van der Waals surface area contributed by atoms with Gasteiger partial charge in [-0.15, -0.1) is 0 Å². The van der Waals surface area contributed by atoms with Crippen LogP contribution in [0.5, 0.6) is 5.75 Å². The van der Waals surface area contributed by atoms with Crippen molar-refractivity contribution >= 4 is 0 Å². The summed E-state index contributed by atoms with van der Waals surface area (Å²) in [6, 6.07) is 8.39. The van der Waals surface area contributed by atoms with Crippen molar-refractivity contribution in [1.82, 2.24) is 5.32 Å². The number of ether oxygens (including phenoxy) is 2. The van der Waals surface area contributed by atoms with E-state index >= 15 is 0 Å². The van der Waals surface area contributed by atoms with Crippen molar-refractivity contribution in [2.45, 2.75) is 38.0 Å². The number of nitrogens with one attached hydrogen (secondary N) is 1. The van der Waals surface area contributed by atoms with E-state index in [0.29, 0.717) is 19.3 Å². The Bertz CT molecular complexity index is 406. The number of methoxy groups -OCH3 is 1. The monoisotopic (exact) mass is 265 g/mol. The van der Waals surface area contributed by atoms with Gasteiger partial charge in [0.05, 0.1) is 18.8 Å². The van der Waals surface area contributed by atoms with Crippen LogP contribution in [-0.4, -0.2) is 37.0 Å². The fourth-order valence-corrected chi connectivity index (χ4v) is 1.99. The summed E-state index contributed by atoms with van der Waals surface area (Å²) in [5.74, 6) is 0.812. The van der Waals surface area contributed by atoms with Crippen molar-refractivity contribution in [1.29, 1.82) is 0 Å². The second-order valence-corrected chi connectivity index (χ2v) is 5.51. The zero-order valence-electron chi connectivity index (χ0n) is 11.7. The van der Waals surface area contributed by atoms with E-state index in [2.05, 4.69) is 5.32 Å². The average molecular weight is 265 g/mol. The number of aliphatic hydroxyl groups excluding tert-OH is 1. The Kier molecular flexibility index (Phi) is 4.80. The lowest BCUT2D eigenvalue weighted by atomic mass is 10.1. The zero-order chi connectivity index (χ0) is 13.7. The zero-order valence-corrected chi connectivity index (χ0v) is 11.7. The molecule has 1 fully saturated rings. The third-order valence-electron chi connectivity index (χ3n) is 3.25. The maximum Gasteiger partial charge on any atom is 0.119 e. The Labute approximate surface area is 114 Å². The molecule has 1 aromatic carbocycles. The van der Waals surface area contributed by atoms with E-state index in [4.69, 9.17) is 9.47 Å². The molecule has 0 radical (unpaired) electrons. The molecule has 4 heteroatoms. The standard InChI is InChI=1S/C15H23NO3/c1-15(10-17,16-13-6-7-13)11-19-14-5-3-4-12(8-14)9-18-2/h3-5,8,13,16-17H,6-7,9-11H2,1-2H3. The van der Waals surface area contributed by atoms with E-state index in [1.165, 1.54) is 12.8 Å². The average Bonchev–Trinajstić information content (AvgIpc) is 3.21. The molecule has 0 spiro atoms. The van der Waals surface area contributed by atoms with Crippen LogP contribution in [0.4, 0.5) is 0 Å². The Balaban J connectivity index is 1.90. The minimum absolute atomic E-state index is 0.0707. The van der Waals surface area contributed by atoms with E-state index in [9.17, 15) is 5.11 Å². The Morgan fingerprint density at radius 1 is 1.42 bits per heavy atom. The largest absolute Gasteiger partial charge is 0.492 e. The number of aliphatic hydroxyl groups is 1. The van der Waals surface area contributed by atoms with Gasteiger partial charge in [-0.3, -0.25) is 0 Å². The Morgan fingerprint density at radius 2 is 2.21 bits per heavy atom. The van der Waals surface area contributed by atoms with Crippen LogP contribution in [-0.2, 0) is 11.3 Å². The van der Waals surface area contributed by atoms with Crippen molar-refractivity contribution in [3.8, 4) is 5.75 Å². The van der Waals surface area contributed by atoms with E-state index in [0.717, 1.165) is 11.3 Å². The highest BCUT2D eigenvalue weighted by Crippen LogP contribution is 2.23. The van der Waals surface area contributed by atoms with Gasteiger partial charge in [-0.1, -0.05) is 12.1 Å². The van der Waals surface area contributed by atoms with E-state index in [-0.39, 0.29) is 12.1 Å². The first kappa shape index (κ1) is 14.3. The minimum Gasteiger partial charge on any atom is -0.492 e. The van der Waals surface area contributed by atoms with Crippen molar-refractivity contribution in [3.63, 3.8) is 0 Å². The van der Waals surface area contributed by atoms with Crippen LogP contribution >= 0.6 is 0 Å². The van der Waals surface area contributed by atoms with Crippen molar-refractivity contribution < 1.29 is 14.6 Å². The first-order valence-corrected chi connectivity index (χ1v) is 6.74. The first-order chi connectivity index (χ1) is 9.15. The molecule has 4 nitrogen and oxygen atoms in total. The highest BCUT2D eigenvalue weighted by molar-refractivity contribution is 5.28. The number of rotatable bonds is 8. The molecule has 1 saturated carbocycles. The van der Waals surface area contributed by atoms with Gasteiger partial charge >= 0.3 is 0 Å². The molecule has 1 aliphatic rings. The molecule has 106 valence electrons. The lowest BCUT2D eigenvalue weighted by Gasteiger charge is -2.28. The summed E-state index contributed by atoms with van der Waals surface area (Å²) in [6.07, 6.45) is 2.39. The van der Waals surface area contributed by atoms with Crippen LogP contribution in [0.25, 0.3) is 0 Å². The maximum atomic E-state index is 9.52. The van der Waals surface area contributed by atoms with Gasteiger partial charge in [0, 0.05) is 13.2 Å². The van der Waals surface area contributed by atoms with Crippen LogP contribution < -0.4 is 10.1 Å². The number of hydrogen-bond acceptors (Lipinski definition) is 4. The summed E-state index contributed by atoms with van der Waals surface area (Å²) in [6.45, 7) is 3.09. The molecule has 19 heavy (non-hydrogen) atoms. The summed E-state index contributed by atoms with van der Waals surface area (Å²) in [5, 5.41) is 12.9. The van der Waals surface area contributed by atoms with Crippen LogP contribution in [0.15, 0.2) is 24.3 Å². The topological polar surface area (TPSA) is 50.7 Å². The van der Waals surface area contributed by atoms with Gasteiger partial charge in [-0.25, -0.2) is 0 Å². The van der Waals surface area contributed by atoms with Crippen molar-refractivity contribution in [3.05, 3.63) is 29.8 Å². The van der Waals surface area contributed by atoms with Crippen LogP contribution in [0, 0.1) is 0 Å². The van der Waals surface area contributed by atoms with E-state index in [1.807, 2.05) is 31.2 Å². The van der Waals surface area contributed by atoms with Crippen LogP contribution in [0.3, 0.4) is 0 Å². The fourth-order valence-electron chi connectivity index (χ4n) is 1.99. The van der Waals surface area contributed by atoms with Crippen LogP contribution in [0.1, 0.15) is 25.3 Å². The molecule has 0 aromatic heterocycles. The summed E-state index contributed by atoms with van der Waals surface area (Å²) < 4.78 is 10.9. The number of hydrogen-bond donors (Lipinski definition) is 2. The number of benzene rings is 1. The van der Waals surface area contributed by atoms with Gasteiger partial charge in [0.25, 0.3) is 0 Å². The second kappa shape index (κ2) is 6.37. The summed E-state index contributed by atoms with van der Waals surface area (Å²) in [5.41, 5.74) is 0.708. The molecule has 2 rings (SSSR count). The minimum atomic E-state index is -0.377. The molecule has 0 saturated heterocycles. The van der Waals surface area contributed by atoms with E-state index in [1.54, 1.807) is 7.11 Å². The molecular weight excluding hydrogens is 242 g/mol. The lowest BCUT2D eigenvalue weighted by Crippen LogP contribution is -2.51. The molecule has 0 heterocycles. The molecule has 1 aromatic rings. The normalized spacial score (nSPS) is 18.1. The molecule has 0 bridgehead atoms. The van der Waals surface area contributed by atoms with E-state index < -0.39 is 0 Å². The molecular formula is C15H23NO3. The Morgan fingerprint density at radius 3 is 2.84 bits per heavy atom. The molecule has 1 aliphatic carbocycles. The molecule has 2 N–H and O–H groups in total. The third-order valence-corrected chi connectivity index (χ3v) is 3.25. The summed E-state index contributed by atoms with van der Waals surface area (Å²) in [7, 11) is 1.68. The Hall–Kier alpha value is -1.10. The third kappa shape index (κ3) is 4.49. The lowest BCUT2D eigenvalue weighted by molar-refractivity contribution is 0.114. The smallest absolute Gasteiger partial charge is 0.119 e. The fraction of sp³-hybridized carbons (Fsp3) is 0.600. The first-order valence-electron chi connectivity index (χ1n) is 6.74. The highest BCUT2D eigenvalue weighted by atomic mass is 16.5. The SMILES string of the molecule is COCc1cccc(OCC(C)(CO)NC2CC2)c1. The van der Waals surface area contributed by atoms with Gasteiger partial charge in [0.2, 0.25) is 0 Å². The van der Waals surface area contributed by atoms with Gasteiger partial charge < -0.3 is 19.9 Å². The summed E-state index contributed by atoms with van der Waals surface area (Å²) in [4.78, 5) is 0. The summed E-state index contributed by atoms with van der Waals surface area (Å²) >= 11 is 0. The van der Waals surface area contributed by atoms with Gasteiger partial charge in [-0.05, 0) is 37.5 Å². The second-order valence-electron chi connectivity index (χ2n) is 5.51. The van der Waals surface area contributed by atoms with Crippen molar-refractivity contribution in [2.24, 2.45) is 0 Å². The van der Waals surface area contributed by atoms with Crippen LogP contribution in [0.2, 0.25) is 0 Å². The quantitative estimate of drug-likeness (QED) is 0.751. The maximum absolute atomic E-state index is 9.52. The molecule has 1 atom stereocenters. The molecule has 1 unspecified atom stereocenters. The van der Waals surface area contributed by atoms with Gasteiger partial charge in [0.1, 0.15) is 12.4 Å². The van der Waals surface area contributed by atoms with Gasteiger partial charge in [0.15, 0.2) is 0 Å². The molecule has 0 amide bonds. The predicted molar refractivity (Wildman–Crippen MR) is 74.3 cm³/mol.